The van der Waals surface area contributed by atoms with Crippen LogP contribution in [0.2, 0.25) is 0 Å². The number of nitriles is 1. The standard InChI is InChI=1S/C19H25NO2/c1-19-7-6-15-14-3-2-13(21)9-11(14)8-12(10-20)18(15)16(19)4-5-17(19)22/h9,12,14-18,22H,2-8H2,1H3/t12-,14-,15+,16-,17-,18+,19-/m0/s1. The molecule has 7 atom stereocenters. The Balaban J connectivity index is 1.72. The van der Waals surface area contributed by atoms with Crippen molar-refractivity contribution >= 4 is 5.78 Å². The smallest absolute Gasteiger partial charge is 0.155 e. The molecule has 0 aliphatic heterocycles. The number of ketones is 1. The van der Waals surface area contributed by atoms with Crippen LogP contribution in [0.3, 0.4) is 0 Å². The Morgan fingerprint density at radius 3 is 2.91 bits per heavy atom. The van der Waals surface area contributed by atoms with E-state index in [1.807, 2.05) is 6.08 Å². The zero-order valence-electron chi connectivity index (χ0n) is 13.3. The summed E-state index contributed by atoms with van der Waals surface area (Å²) in [6.07, 6.45) is 8.27. The molecule has 4 aliphatic rings. The highest BCUT2D eigenvalue weighted by Gasteiger charge is 2.58. The molecule has 0 amide bonds. The van der Waals surface area contributed by atoms with Gasteiger partial charge in [-0.1, -0.05) is 12.5 Å². The van der Waals surface area contributed by atoms with Crippen LogP contribution in [0.1, 0.15) is 51.9 Å². The van der Waals surface area contributed by atoms with Gasteiger partial charge in [0.25, 0.3) is 0 Å². The third-order valence-electron chi connectivity index (χ3n) is 7.46. The maximum Gasteiger partial charge on any atom is 0.155 e. The normalized spacial score (nSPS) is 50.4. The molecule has 3 heteroatoms. The summed E-state index contributed by atoms with van der Waals surface area (Å²) in [7, 11) is 0. The fourth-order valence-corrected chi connectivity index (χ4v) is 6.34. The van der Waals surface area contributed by atoms with Gasteiger partial charge in [-0.3, -0.25) is 4.79 Å². The lowest BCUT2D eigenvalue weighted by molar-refractivity contribution is -0.116. The Kier molecular flexibility index (Phi) is 3.24. The molecule has 0 bridgehead atoms. The van der Waals surface area contributed by atoms with Gasteiger partial charge in [-0.25, -0.2) is 0 Å². The van der Waals surface area contributed by atoms with E-state index in [-0.39, 0.29) is 23.2 Å². The van der Waals surface area contributed by atoms with Gasteiger partial charge in [-0.2, -0.15) is 5.26 Å². The molecular weight excluding hydrogens is 274 g/mol. The lowest BCUT2D eigenvalue weighted by Gasteiger charge is -2.54. The fourth-order valence-electron chi connectivity index (χ4n) is 6.34. The number of hydrogen-bond acceptors (Lipinski definition) is 3. The van der Waals surface area contributed by atoms with Gasteiger partial charge in [0.1, 0.15) is 0 Å². The molecular formula is C19H25NO2. The monoisotopic (exact) mass is 299 g/mol. The zero-order chi connectivity index (χ0) is 15.5. The molecule has 1 N–H and O–H groups in total. The van der Waals surface area contributed by atoms with E-state index >= 15 is 0 Å². The van der Waals surface area contributed by atoms with E-state index in [2.05, 4.69) is 13.0 Å². The summed E-state index contributed by atoms with van der Waals surface area (Å²) >= 11 is 0. The molecule has 0 heterocycles. The van der Waals surface area contributed by atoms with Gasteiger partial charge in [0.2, 0.25) is 0 Å². The second-order valence-corrected chi connectivity index (χ2v) is 8.26. The van der Waals surface area contributed by atoms with Gasteiger partial charge < -0.3 is 5.11 Å². The molecule has 0 spiro atoms. The summed E-state index contributed by atoms with van der Waals surface area (Å²) in [6.45, 7) is 2.25. The molecule has 0 aromatic carbocycles. The van der Waals surface area contributed by atoms with E-state index < -0.39 is 0 Å². The lowest BCUT2D eigenvalue weighted by Crippen LogP contribution is -2.50. The molecule has 22 heavy (non-hydrogen) atoms. The summed E-state index contributed by atoms with van der Waals surface area (Å²) in [5.74, 6) is 2.28. The highest BCUT2D eigenvalue weighted by atomic mass is 16.3. The summed E-state index contributed by atoms with van der Waals surface area (Å²) in [5.41, 5.74) is 1.27. The van der Waals surface area contributed by atoms with E-state index in [0.717, 1.165) is 38.5 Å². The molecule has 3 saturated carbocycles. The molecule has 0 radical (unpaired) electrons. The van der Waals surface area contributed by atoms with E-state index in [4.69, 9.17) is 0 Å². The van der Waals surface area contributed by atoms with Gasteiger partial charge >= 0.3 is 0 Å². The topological polar surface area (TPSA) is 61.1 Å². The lowest BCUT2D eigenvalue weighted by atomic mass is 9.49. The summed E-state index contributed by atoms with van der Waals surface area (Å²) in [6, 6.07) is 2.56. The molecule has 0 unspecified atom stereocenters. The van der Waals surface area contributed by atoms with Crippen LogP contribution in [0.25, 0.3) is 0 Å². The van der Waals surface area contributed by atoms with Crippen molar-refractivity contribution in [2.75, 3.05) is 0 Å². The number of allylic oxidation sites excluding steroid dienone is 1. The first kappa shape index (κ1) is 14.5. The van der Waals surface area contributed by atoms with Crippen molar-refractivity contribution in [3.05, 3.63) is 11.6 Å². The zero-order valence-corrected chi connectivity index (χ0v) is 13.3. The number of aliphatic hydroxyl groups excluding tert-OH is 1. The number of rotatable bonds is 0. The Morgan fingerprint density at radius 2 is 2.14 bits per heavy atom. The highest BCUT2D eigenvalue weighted by Crippen LogP contribution is 2.62. The van der Waals surface area contributed by atoms with Gasteiger partial charge in [0.05, 0.1) is 18.1 Å². The molecule has 118 valence electrons. The van der Waals surface area contributed by atoms with E-state index in [0.29, 0.717) is 30.1 Å². The molecule has 0 aromatic rings. The second kappa shape index (κ2) is 4.93. The van der Waals surface area contributed by atoms with Crippen LogP contribution in [0.15, 0.2) is 11.6 Å². The number of fused-ring (bicyclic) bond motifs is 5. The Hall–Kier alpha value is -1.14. The average Bonchev–Trinajstić information content (AvgIpc) is 2.81. The maximum atomic E-state index is 11.8. The van der Waals surface area contributed by atoms with Crippen LogP contribution >= 0.6 is 0 Å². The highest BCUT2D eigenvalue weighted by molar-refractivity contribution is 5.91. The van der Waals surface area contributed by atoms with Crippen molar-refractivity contribution in [1.82, 2.24) is 0 Å². The Bertz CT molecular complexity index is 574. The van der Waals surface area contributed by atoms with Gasteiger partial charge in [0.15, 0.2) is 5.78 Å². The summed E-state index contributed by atoms with van der Waals surface area (Å²) < 4.78 is 0. The van der Waals surface area contributed by atoms with Crippen LogP contribution in [0, 0.1) is 46.3 Å². The first-order chi connectivity index (χ1) is 10.5. The molecule has 0 saturated heterocycles. The summed E-state index contributed by atoms with van der Waals surface area (Å²) in [5, 5.41) is 20.2. The SMILES string of the molecule is C[C@]12CC[C@H]3[C@@H]([C@H](C#N)CC4=CC(=O)CC[C@@H]43)[C@@H]1CC[C@@H]2O. The average molecular weight is 299 g/mol. The quantitative estimate of drug-likeness (QED) is 0.747. The van der Waals surface area contributed by atoms with E-state index in [1.54, 1.807) is 0 Å². The number of nitrogens with zero attached hydrogens (tertiary/aromatic N) is 1. The number of carbonyl (C=O) groups excluding carboxylic acids is 1. The summed E-state index contributed by atoms with van der Waals surface area (Å²) in [4.78, 5) is 11.8. The number of hydrogen-bond donors (Lipinski definition) is 1. The predicted octanol–water partition coefficient (Wildman–Crippen LogP) is 3.24. The first-order valence-electron chi connectivity index (χ1n) is 8.85. The van der Waals surface area contributed by atoms with Crippen LogP contribution in [0.5, 0.6) is 0 Å². The van der Waals surface area contributed by atoms with Crippen molar-refractivity contribution in [2.24, 2.45) is 35.0 Å². The first-order valence-corrected chi connectivity index (χ1v) is 8.85. The van der Waals surface area contributed by atoms with Crippen molar-refractivity contribution in [2.45, 2.75) is 58.0 Å². The number of carbonyl (C=O) groups is 1. The Morgan fingerprint density at radius 1 is 1.32 bits per heavy atom. The van der Waals surface area contributed by atoms with Crippen molar-refractivity contribution in [3.63, 3.8) is 0 Å². The Labute approximate surface area is 132 Å². The largest absolute Gasteiger partial charge is 0.393 e. The van der Waals surface area contributed by atoms with E-state index in [1.165, 1.54) is 5.57 Å². The second-order valence-electron chi connectivity index (χ2n) is 8.26. The van der Waals surface area contributed by atoms with Crippen LogP contribution in [0.4, 0.5) is 0 Å². The van der Waals surface area contributed by atoms with Crippen LogP contribution in [-0.4, -0.2) is 17.0 Å². The third kappa shape index (κ3) is 1.86. The molecule has 0 aromatic heterocycles. The third-order valence-corrected chi connectivity index (χ3v) is 7.46. The molecule has 3 fully saturated rings. The van der Waals surface area contributed by atoms with Gasteiger partial charge in [-0.15, -0.1) is 0 Å². The van der Waals surface area contributed by atoms with Gasteiger partial charge in [0, 0.05) is 6.42 Å². The van der Waals surface area contributed by atoms with Crippen LogP contribution < -0.4 is 0 Å². The van der Waals surface area contributed by atoms with Crippen molar-refractivity contribution in [1.29, 1.82) is 5.26 Å². The van der Waals surface area contributed by atoms with E-state index in [9.17, 15) is 15.2 Å². The minimum atomic E-state index is -0.192. The van der Waals surface area contributed by atoms with Gasteiger partial charge in [-0.05, 0) is 73.7 Å². The van der Waals surface area contributed by atoms with Crippen molar-refractivity contribution < 1.29 is 9.90 Å². The van der Waals surface area contributed by atoms with Crippen molar-refractivity contribution in [3.8, 4) is 6.07 Å². The number of aliphatic hydroxyl groups is 1. The minimum Gasteiger partial charge on any atom is -0.393 e. The minimum absolute atomic E-state index is 0.0158. The molecule has 4 aliphatic carbocycles. The predicted molar refractivity (Wildman–Crippen MR) is 82.6 cm³/mol. The molecule has 4 rings (SSSR count). The fraction of sp³-hybridized carbons (Fsp3) is 0.789. The molecule has 3 nitrogen and oxygen atoms in total. The van der Waals surface area contributed by atoms with Crippen LogP contribution in [-0.2, 0) is 4.79 Å². The maximum absolute atomic E-state index is 11.8.